The molecule has 10 aromatic rings. The molecule has 2 heteroatoms. The Hall–Kier alpha value is -6.90. The highest BCUT2D eigenvalue weighted by Crippen LogP contribution is 2.44. The summed E-state index contributed by atoms with van der Waals surface area (Å²) in [4.78, 5) is 2.40. The number of furan rings is 1. The van der Waals surface area contributed by atoms with E-state index in [1.807, 2.05) is 12.1 Å². The maximum atomic E-state index is 6.29. The van der Waals surface area contributed by atoms with Crippen molar-refractivity contribution in [2.24, 2.45) is 0 Å². The van der Waals surface area contributed by atoms with Gasteiger partial charge in [-0.3, -0.25) is 0 Å². The van der Waals surface area contributed by atoms with Gasteiger partial charge < -0.3 is 9.32 Å². The van der Waals surface area contributed by atoms with Gasteiger partial charge in [0.05, 0.1) is 5.69 Å². The summed E-state index contributed by atoms with van der Waals surface area (Å²) in [5, 5.41) is 7.17. The second-order valence-corrected chi connectivity index (χ2v) is 13.3. The number of benzene rings is 9. The molecule has 10 rings (SSSR count). The zero-order chi connectivity index (χ0) is 34.4. The lowest BCUT2D eigenvalue weighted by Gasteiger charge is -2.28. The summed E-state index contributed by atoms with van der Waals surface area (Å²) in [6.07, 6.45) is 0. The highest BCUT2D eigenvalue weighted by atomic mass is 16.3. The Labute approximate surface area is 302 Å². The Morgan fingerprint density at radius 1 is 0.327 bits per heavy atom. The highest BCUT2D eigenvalue weighted by molar-refractivity contribution is 6.13. The van der Waals surface area contributed by atoms with Gasteiger partial charge in [0.1, 0.15) is 11.2 Å². The lowest BCUT2D eigenvalue weighted by atomic mass is 9.95. The monoisotopic (exact) mass is 663 g/mol. The van der Waals surface area contributed by atoms with Crippen LogP contribution in [0, 0.1) is 0 Å². The van der Waals surface area contributed by atoms with Crippen molar-refractivity contribution in [1.29, 1.82) is 0 Å². The van der Waals surface area contributed by atoms with Gasteiger partial charge in [-0.25, -0.2) is 0 Å². The lowest BCUT2D eigenvalue weighted by molar-refractivity contribution is 0.669. The molecular formula is C50H33NO. The maximum Gasteiger partial charge on any atom is 0.136 e. The van der Waals surface area contributed by atoms with Crippen molar-refractivity contribution >= 4 is 60.5 Å². The molecule has 0 saturated heterocycles. The van der Waals surface area contributed by atoms with Gasteiger partial charge in [0, 0.05) is 27.5 Å². The van der Waals surface area contributed by atoms with Gasteiger partial charge in [-0.15, -0.1) is 0 Å². The molecule has 0 aliphatic rings. The van der Waals surface area contributed by atoms with E-state index in [-0.39, 0.29) is 0 Å². The normalized spacial score (nSPS) is 11.5. The molecule has 244 valence electrons. The first-order valence-electron chi connectivity index (χ1n) is 17.8. The Balaban J connectivity index is 1.16. The van der Waals surface area contributed by atoms with Crippen molar-refractivity contribution in [2.45, 2.75) is 0 Å². The Bertz CT molecular complexity index is 2900. The minimum absolute atomic E-state index is 0.896. The van der Waals surface area contributed by atoms with Crippen LogP contribution in [0.25, 0.3) is 76.9 Å². The molecule has 0 spiro atoms. The Kier molecular flexibility index (Phi) is 7.18. The second kappa shape index (κ2) is 12.5. The minimum atomic E-state index is 0.896. The Morgan fingerprint density at radius 2 is 1.00 bits per heavy atom. The van der Waals surface area contributed by atoms with Crippen LogP contribution in [0.15, 0.2) is 205 Å². The van der Waals surface area contributed by atoms with Crippen LogP contribution >= 0.6 is 0 Å². The van der Waals surface area contributed by atoms with E-state index in [2.05, 4.69) is 193 Å². The largest absolute Gasteiger partial charge is 0.456 e. The number of rotatable bonds is 6. The number of hydrogen-bond donors (Lipinski definition) is 0. The van der Waals surface area contributed by atoms with Gasteiger partial charge in [0.25, 0.3) is 0 Å². The first-order chi connectivity index (χ1) is 25.8. The molecular weight excluding hydrogens is 631 g/mol. The molecule has 0 bridgehead atoms. The summed E-state index contributed by atoms with van der Waals surface area (Å²) in [5.41, 5.74) is 12.2. The summed E-state index contributed by atoms with van der Waals surface area (Å²) >= 11 is 0. The van der Waals surface area contributed by atoms with E-state index in [4.69, 9.17) is 4.42 Å². The molecule has 0 fully saturated rings. The predicted molar refractivity (Wildman–Crippen MR) is 220 cm³/mol. The predicted octanol–water partition coefficient (Wildman–Crippen LogP) is 14.4. The third kappa shape index (κ3) is 5.12. The Morgan fingerprint density at radius 3 is 1.87 bits per heavy atom. The van der Waals surface area contributed by atoms with E-state index in [0.29, 0.717) is 0 Å². The molecule has 52 heavy (non-hydrogen) atoms. The number of hydrogen-bond acceptors (Lipinski definition) is 2. The van der Waals surface area contributed by atoms with Gasteiger partial charge in [-0.2, -0.15) is 0 Å². The molecule has 0 aliphatic carbocycles. The van der Waals surface area contributed by atoms with Gasteiger partial charge in [0.2, 0.25) is 0 Å². The average molecular weight is 664 g/mol. The van der Waals surface area contributed by atoms with Crippen molar-refractivity contribution in [3.63, 3.8) is 0 Å². The lowest BCUT2D eigenvalue weighted by Crippen LogP contribution is -2.10. The summed E-state index contributed by atoms with van der Waals surface area (Å²) in [6.45, 7) is 0. The van der Waals surface area contributed by atoms with Gasteiger partial charge >= 0.3 is 0 Å². The van der Waals surface area contributed by atoms with Crippen molar-refractivity contribution < 1.29 is 4.42 Å². The molecule has 1 heterocycles. The standard InChI is InChI=1S/C50H33NO/c1-2-13-36(14-3-1)42-30-31-47(45-19-7-6-18-44(42)45)51(40-28-26-35(27-29-40)38-25-24-34-12-4-5-15-37(34)32-38)41-17-10-16-39(33-41)43-21-11-23-49-50(43)46-20-8-9-22-48(46)52-49/h1-33H. The fourth-order valence-corrected chi connectivity index (χ4v) is 7.77. The van der Waals surface area contributed by atoms with Crippen LogP contribution < -0.4 is 4.90 Å². The van der Waals surface area contributed by atoms with Crippen LogP contribution in [-0.4, -0.2) is 0 Å². The fourth-order valence-electron chi connectivity index (χ4n) is 7.77. The van der Waals surface area contributed by atoms with Crippen molar-refractivity contribution in [1.82, 2.24) is 0 Å². The maximum absolute atomic E-state index is 6.29. The molecule has 2 nitrogen and oxygen atoms in total. The summed E-state index contributed by atoms with van der Waals surface area (Å²) in [6, 6.07) is 71.8. The van der Waals surface area contributed by atoms with E-state index in [0.717, 1.165) is 50.1 Å². The van der Waals surface area contributed by atoms with Crippen LogP contribution in [0.1, 0.15) is 0 Å². The van der Waals surface area contributed by atoms with Crippen LogP contribution in [0.2, 0.25) is 0 Å². The molecule has 0 amide bonds. The topological polar surface area (TPSA) is 16.4 Å². The van der Waals surface area contributed by atoms with E-state index < -0.39 is 0 Å². The number of fused-ring (bicyclic) bond motifs is 5. The first kappa shape index (κ1) is 30.0. The number of nitrogens with zero attached hydrogens (tertiary/aromatic N) is 1. The fraction of sp³-hybridized carbons (Fsp3) is 0. The number of para-hydroxylation sites is 1. The molecule has 0 radical (unpaired) electrons. The van der Waals surface area contributed by atoms with E-state index >= 15 is 0 Å². The quantitative estimate of drug-likeness (QED) is 0.176. The van der Waals surface area contributed by atoms with Gasteiger partial charge in [0.15, 0.2) is 0 Å². The molecule has 0 N–H and O–H groups in total. The smallest absolute Gasteiger partial charge is 0.136 e. The van der Waals surface area contributed by atoms with Crippen molar-refractivity contribution in [3.8, 4) is 33.4 Å². The summed E-state index contributed by atoms with van der Waals surface area (Å²) < 4.78 is 6.29. The molecule has 0 atom stereocenters. The molecule has 9 aromatic carbocycles. The molecule has 0 aliphatic heterocycles. The van der Waals surface area contributed by atoms with Crippen LogP contribution in [-0.2, 0) is 0 Å². The van der Waals surface area contributed by atoms with Crippen LogP contribution in [0.4, 0.5) is 17.1 Å². The zero-order valence-electron chi connectivity index (χ0n) is 28.4. The second-order valence-electron chi connectivity index (χ2n) is 13.3. The van der Waals surface area contributed by atoms with Crippen LogP contribution in [0.5, 0.6) is 0 Å². The van der Waals surface area contributed by atoms with E-state index in [9.17, 15) is 0 Å². The van der Waals surface area contributed by atoms with Gasteiger partial charge in [-0.05, 0) is 98.1 Å². The molecule has 0 saturated carbocycles. The van der Waals surface area contributed by atoms with E-state index in [1.165, 1.54) is 43.8 Å². The zero-order valence-corrected chi connectivity index (χ0v) is 28.4. The summed E-state index contributed by atoms with van der Waals surface area (Å²) in [5.74, 6) is 0. The molecule has 0 unspecified atom stereocenters. The minimum Gasteiger partial charge on any atom is -0.456 e. The van der Waals surface area contributed by atoms with Gasteiger partial charge in [-0.1, -0.05) is 152 Å². The third-order valence-corrected chi connectivity index (χ3v) is 10.3. The third-order valence-electron chi connectivity index (χ3n) is 10.3. The van der Waals surface area contributed by atoms with Crippen LogP contribution in [0.3, 0.4) is 0 Å². The SMILES string of the molecule is c1ccc(-c2ccc(N(c3ccc(-c4ccc5ccccc5c4)cc3)c3cccc(-c4cccc5oc6ccccc6c45)c3)c3ccccc23)cc1. The average Bonchev–Trinajstić information content (AvgIpc) is 3.61. The highest BCUT2D eigenvalue weighted by Gasteiger charge is 2.19. The van der Waals surface area contributed by atoms with E-state index in [1.54, 1.807) is 0 Å². The van der Waals surface area contributed by atoms with Crippen molar-refractivity contribution in [2.75, 3.05) is 4.90 Å². The summed E-state index contributed by atoms with van der Waals surface area (Å²) in [7, 11) is 0. The van der Waals surface area contributed by atoms with Crippen molar-refractivity contribution in [3.05, 3.63) is 200 Å². The molecule has 1 aromatic heterocycles. The number of anilines is 3. The first-order valence-corrected chi connectivity index (χ1v) is 17.8.